The summed E-state index contributed by atoms with van der Waals surface area (Å²) in [5, 5.41) is 0. The lowest BCUT2D eigenvalue weighted by Crippen LogP contribution is -3.00. The molecule has 1 aliphatic heterocycles. The molecule has 4 heteroatoms. The fourth-order valence-corrected chi connectivity index (χ4v) is 3.09. The van der Waals surface area contributed by atoms with E-state index in [1.807, 2.05) is 60.7 Å². The van der Waals surface area contributed by atoms with E-state index in [1.165, 1.54) is 0 Å². The van der Waals surface area contributed by atoms with Gasteiger partial charge in [0.25, 0.3) is 0 Å². The summed E-state index contributed by atoms with van der Waals surface area (Å²) in [7, 11) is 2.11. The quantitative estimate of drug-likeness (QED) is 0.755. The fourth-order valence-electron chi connectivity index (χ4n) is 3.09. The largest absolute Gasteiger partial charge is 1.00 e. The molecule has 0 unspecified atom stereocenters. The Morgan fingerprint density at radius 3 is 1.88 bits per heavy atom. The van der Waals surface area contributed by atoms with Gasteiger partial charge in [0, 0.05) is 13.1 Å². The zero-order valence-electron chi connectivity index (χ0n) is 13.9. The number of rotatable bonds is 4. The molecular weight excluding hydrogens is 322 g/mol. The Hall–Kier alpha value is -1.84. The summed E-state index contributed by atoms with van der Waals surface area (Å²) in [6.45, 7) is 1.97. The first kappa shape index (κ1) is 18.5. The molecule has 0 spiro atoms. The van der Waals surface area contributed by atoms with Gasteiger partial charge in [-0.25, -0.2) is 0 Å². The average Bonchev–Trinajstić information content (AvgIpc) is 2.59. The van der Waals surface area contributed by atoms with Crippen LogP contribution in [-0.2, 0) is 9.53 Å². The third-order valence-electron chi connectivity index (χ3n) is 4.45. The number of esters is 1. The highest BCUT2D eigenvalue weighted by atomic mass is 35.5. The van der Waals surface area contributed by atoms with Crippen molar-refractivity contribution >= 4 is 5.97 Å². The standard InChI is InChI=1S/C20H23NO2.ClH/c1-21-14-12-18(13-15-21)23-20(22)19(16-8-4-2-5-9-16)17-10-6-3-7-11-17;/h2-11,18-19H,12-15H2,1H3;1H/p-1. The molecule has 0 atom stereocenters. The Bertz CT molecular complexity index is 585. The Kier molecular flexibility index (Phi) is 6.83. The lowest BCUT2D eigenvalue weighted by molar-refractivity contribution is -0.151. The van der Waals surface area contributed by atoms with Crippen molar-refractivity contribution in [2.45, 2.75) is 24.9 Å². The minimum absolute atomic E-state index is 0. The number of halogens is 1. The molecule has 3 rings (SSSR count). The lowest BCUT2D eigenvalue weighted by Gasteiger charge is -2.30. The predicted octanol–water partition coefficient (Wildman–Crippen LogP) is 0.460. The molecule has 0 bridgehead atoms. The molecule has 1 heterocycles. The number of carbonyl (C=O) groups is 1. The zero-order chi connectivity index (χ0) is 16.1. The van der Waals surface area contributed by atoms with Crippen molar-refractivity contribution in [2.75, 3.05) is 20.1 Å². The van der Waals surface area contributed by atoms with E-state index >= 15 is 0 Å². The second-order valence-electron chi connectivity index (χ2n) is 6.19. The van der Waals surface area contributed by atoms with Crippen LogP contribution in [0.3, 0.4) is 0 Å². The van der Waals surface area contributed by atoms with E-state index in [1.54, 1.807) is 0 Å². The van der Waals surface area contributed by atoms with Crippen LogP contribution in [0.25, 0.3) is 0 Å². The van der Waals surface area contributed by atoms with Gasteiger partial charge in [-0.15, -0.1) is 0 Å². The van der Waals surface area contributed by atoms with Crippen LogP contribution in [-0.4, -0.2) is 37.1 Å². The summed E-state index contributed by atoms with van der Waals surface area (Å²) in [5.74, 6) is -0.492. The molecule has 0 N–H and O–H groups in total. The van der Waals surface area contributed by atoms with Crippen LogP contribution < -0.4 is 12.4 Å². The summed E-state index contributed by atoms with van der Waals surface area (Å²) in [4.78, 5) is 15.1. The molecule has 0 aliphatic carbocycles. The van der Waals surface area contributed by atoms with Crippen molar-refractivity contribution in [2.24, 2.45) is 0 Å². The van der Waals surface area contributed by atoms with Crippen molar-refractivity contribution in [1.29, 1.82) is 0 Å². The zero-order valence-corrected chi connectivity index (χ0v) is 14.7. The van der Waals surface area contributed by atoms with Crippen molar-refractivity contribution in [3.8, 4) is 0 Å². The second-order valence-corrected chi connectivity index (χ2v) is 6.19. The molecular formula is C20H23ClNO2-. The number of benzene rings is 2. The van der Waals surface area contributed by atoms with Crippen molar-refractivity contribution in [3.63, 3.8) is 0 Å². The van der Waals surface area contributed by atoms with E-state index in [2.05, 4.69) is 11.9 Å². The van der Waals surface area contributed by atoms with Crippen LogP contribution in [0, 0.1) is 0 Å². The number of likely N-dealkylation sites (tertiary alicyclic amines) is 1. The summed E-state index contributed by atoms with van der Waals surface area (Å²) in [6, 6.07) is 19.8. The van der Waals surface area contributed by atoms with Crippen LogP contribution in [0.15, 0.2) is 60.7 Å². The molecule has 2 aromatic carbocycles. The molecule has 1 saturated heterocycles. The topological polar surface area (TPSA) is 29.5 Å². The molecule has 24 heavy (non-hydrogen) atoms. The van der Waals surface area contributed by atoms with Crippen LogP contribution >= 0.6 is 0 Å². The molecule has 0 aromatic heterocycles. The molecule has 0 saturated carbocycles. The van der Waals surface area contributed by atoms with E-state index in [-0.39, 0.29) is 30.4 Å². The van der Waals surface area contributed by atoms with Crippen molar-refractivity contribution in [3.05, 3.63) is 71.8 Å². The van der Waals surface area contributed by atoms with E-state index < -0.39 is 0 Å². The van der Waals surface area contributed by atoms with Gasteiger partial charge in [-0.1, -0.05) is 60.7 Å². The maximum Gasteiger partial charge on any atom is 0.318 e. The molecule has 1 fully saturated rings. The molecule has 2 aromatic rings. The number of ether oxygens (including phenoxy) is 1. The first-order valence-corrected chi connectivity index (χ1v) is 8.23. The van der Waals surface area contributed by atoms with Gasteiger partial charge >= 0.3 is 5.97 Å². The monoisotopic (exact) mass is 344 g/mol. The third-order valence-corrected chi connectivity index (χ3v) is 4.45. The number of nitrogens with zero attached hydrogens (tertiary/aromatic N) is 1. The Labute approximate surface area is 150 Å². The van der Waals surface area contributed by atoms with Crippen LogP contribution in [0.2, 0.25) is 0 Å². The smallest absolute Gasteiger partial charge is 0.318 e. The van der Waals surface area contributed by atoms with Crippen LogP contribution in [0.4, 0.5) is 0 Å². The van der Waals surface area contributed by atoms with E-state index in [0.717, 1.165) is 37.1 Å². The Balaban J connectivity index is 0.00000208. The van der Waals surface area contributed by atoms with Gasteiger partial charge in [-0.05, 0) is 31.0 Å². The molecule has 0 radical (unpaired) electrons. The fraction of sp³-hybridized carbons (Fsp3) is 0.350. The van der Waals surface area contributed by atoms with Gasteiger partial charge in [0.05, 0.1) is 0 Å². The van der Waals surface area contributed by atoms with Gasteiger partial charge < -0.3 is 22.0 Å². The Morgan fingerprint density at radius 2 is 1.42 bits per heavy atom. The molecule has 0 amide bonds. The minimum atomic E-state index is -0.350. The highest BCUT2D eigenvalue weighted by molar-refractivity contribution is 5.82. The first-order valence-electron chi connectivity index (χ1n) is 8.23. The van der Waals surface area contributed by atoms with E-state index in [9.17, 15) is 4.79 Å². The SMILES string of the molecule is CN1CCC(OC(=O)C(c2ccccc2)c2ccccc2)CC1.[Cl-]. The second kappa shape index (κ2) is 8.86. The summed E-state index contributed by atoms with van der Waals surface area (Å²) in [6.07, 6.45) is 1.87. The maximum absolute atomic E-state index is 12.9. The highest BCUT2D eigenvalue weighted by Crippen LogP contribution is 2.27. The van der Waals surface area contributed by atoms with Gasteiger partial charge in [-0.2, -0.15) is 0 Å². The van der Waals surface area contributed by atoms with Gasteiger partial charge in [-0.3, -0.25) is 4.79 Å². The van der Waals surface area contributed by atoms with Gasteiger partial charge in [0.2, 0.25) is 0 Å². The number of hydrogen-bond acceptors (Lipinski definition) is 3. The summed E-state index contributed by atoms with van der Waals surface area (Å²) in [5.41, 5.74) is 1.97. The average molecular weight is 345 g/mol. The molecule has 3 nitrogen and oxygen atoms in total. The van der Waals surface area contributed by atoms with Crippen molar-refractivity contribution < 1.29 is 21.9 Å². The van der Waals surface area contributed by atoms with E-state index in [4.69, 9.17) is 4.74 Å². The van der Waals surface area contributed by atoms with Gasteiger partial charge in [0.15, 0.2) is 0 Å². The Morgan fingerprint density at radius 1 is 0.958 bits per heavy atom. The summed E-state index contributed by atoms with van der Waals surface area (Å²) >= 11 is 0. The summed E-state index contributed by atoms with van der Waals surface area (Å²) < 4.78 is 5.85. The van der Waals surface area contributed by atoms with Crippen LogP contribution in [0.1, 0.15) is 29.9 Å². The maximum atomic E-state index is 12.9. The normalized spacial score (nSPS) is 15.8. The third kappa shape index (κ3) is 4.59. The lowest BCUT2D eigenvalue weighted by atomic mass is 9.91. The number of piperidine rings is 1. The molecule has 128 valence electrons. The molecule has 1 aliphatic rings. The number of hydrogen-bond donors (Lipinski definition) is 0. The van der Waals surface area contributed by atoms with Gasteiger partial charge in [0.1, 0.15) is 12.0 Å². The predicted molar refractivity (Wildman–Crippen MR) is 91.3 cm³/mol. The van der Waals surface area contributed by atoms with E-state index in [0.29, 0.717) is 0 Å². The van der Waals surface area contributed by atoms with Crippen molar-refractivity contribution in [1.82, 2.24) is 4.90 Å². The van der Waals surface area contributed by atoms with Crippen LogP contribution in [0.5, 0.6) is 0 Å². The highest BCUT2D eigenvalue weighted by Gasteiger charge is 2.28. The first-order chi connectivity index (χ1) is 11.2. The minimum Gasteiger partial charge on any atom is -1.00 e. The number of carbonyl (C=O) groups excluding carboxylic acids is 1.